The molecule has 14 heavy (non-hydrogen) atoms. The summed E-state index contributed by atoms with van der Waals surface area (Å²) in [6.45, 7) is 2.05. The molecule has 0 aromatic heterocycles. The maximum atomic E-state index is 6.14. The maximum Gasteiger partial charge on any atom is 0.0793 e. The lowest BCUT2D eigenvalue weighted by Gasteiger charge is -2.14. The van der Waals surface area contributed by atoms with Gasteiger partial charge in [-0.1, -0.05) is 24.3 Å². The van der Waals surface area contributed by atoms with Gasteiger partial charge in [0.25, 0.3) is 0 Å². The summed E-state index contributed by atoms with van der Waals surface area (Å²) in [5.74, 6) is 0. The predicted octanol–water partition coefficient (Wildman–Crippen LogP) is 2.34. The van der Waals surface area contributed by atoms with Crippen molar-refractivity contribution in [2.75, 3.05) is 7.11 Å². The molecule has 1 saturated carbocycles. The molecule has 0 saturated heterocycles. The SMILES string of the molecule is COC(C)c1cccc(C2(N)CC2)c1. The summed E-state index contributed by atoms with van der Waals surface area (Å²) < 4.78 is 5.28. The van der Waals surface area contributed by atoms with Gasteiger partial charge in [-0.3, -0.25) is 0 Å². The molecule has 0 spiro atoms. The lowest BCUT2D eigenvalue weighted by Crippen LogP contribution is -2.18. The number of rotatable bonds is 3. The number of nitrogens with two attached hydrogens (primary N) is 1. The Morgan fingerprint density at radius 2 is 2.14 bits per heavy atom. The molecule has 0 bridgehead atoms. The van der Waals surface area contributed by atoms with Crippen molar-refractivity contribution in [1.29, 1.82) is 0 Å². The monoisotopic (exact) mass is 191 g/mol. The summed E-state index contributed by atoms with van der Waals surface area (Å²) in [6.07, 6.45) is 2.37. The second-order valence-corrected chi connectivity index (χ2v) is 4.16. The average molecular weight is 191 g/mol. The van der Waals surface area contributed by atoms with Crippen LogP contribution in [0.1, 0.15) is 37.0 Å². The summed E-state index contributed by atoms with van der Waals surface area (Å²) in [6, 6.07) is 8.43. The van der Waals surface area contributed by atoms with Crippen LogP contribution >= 0.6 is 0 Å². The van der Waals surface area contributed by atoms with E-state index >= 15 is 0 Å². The van der Waals surface area contributed by atoms with Gasteiger partial charge >= 0.3 is 0 Å². The van der Waals surface area contributed by atoms with E-state index in [1.807, 2.05) is 0 Å². The zero-order valence-corrected chi connectivity index (χ0v) is 8.79. The van der Waals surface area contributed by atoms with Crippen LogP contribution in [0.2, 0.25) is 0 Å². The summed E-state index contributed by atoms with van der Waals surface area (Å²) in [7, 11) is 1.73. The number of benzene rings is 1. The Labute approximate surface area is 85.1 Å². The van der Waals surface area contributed by atoms with Gasteiger partial charge in [0, 0.05) is 12.6 Å². The van der Waals surface area contributed by atoms with Crippen molar-refractivity contribution in [3.8, 4) is 0 Å². The van der Waals surface area contributed by atoms with Crippen LogP contribution in [0.4, 0.5) is 0 Å². The molecule has 1 fully saturated rings. The van der Waals surface area contributed by atoms with Crippen molar-refractivity contribution in [3.05, 3.63) is 35.4 Å². The molecule has 1 unspecified atom stereocenters. The Kier molecular flexibility index (Phi) is 2.33. The molecular weight excluding hydrogens is 174 g/mol. The van der Waals surface area contributed by atoms with Gasteiger partial charge in [-0.2, -0.15) is 0 Å². The van der Waals surface area contributed by atoms with Crippen LogP contribution in [0.15, 0.2) is 24.3 Å². The van der Waals surface area contributed by atoms with Gasteiger partial charge < -0.3 is 10.5 Å². The van der Waals surface area contributed by atoms with E-state index in [9.17, 15) is 0 Å². The van der Waals surface area contributed by atoms with Gasteiger partial charge in [-0.05, 0) is 30.9 Å². The molecule has 1 atom stereocenters. The molecule has 0 heterocycles. The second kappa shape index (κ2) is 3.37. The molecular formula is C12H17NO. The Morgan fingerprint density at radius 3 is 2.71 bits per heavy atom. The van der Waals surface area contributed by atoms with Crippen LogP contribution in [0.5, 0.6) is 0 Å². The fraction of sp³-hybridized carbons (Fsp3) is 0.500. The van der Waals surface area contributed by atoms with Gasteiger partial charge in [-0.25, -0.2) is 0 Å². The Hall–Kier alpha value is -0.860. The highest BCUT2D eigenvalue weighted by Crippen LogP contribution is 2.43. The minimum atomic E-state index is -0.0382. The summed E-state index contributed by atoms with van der Waals surface area (Å²) in [4.78, 5) is 0. The van der Waals surface area contributed by atoms with Crippen molar-refractivity contribution >= 4 is 0 Å². The van der Waals surface area contributed by atoms with Crippen molar-refractivity contribution in [2.45, 2.75) is 31.4 Å². The van der Waals surface area contributed by atoms with Crippen LogP contribution in [-0.2, 0) is 10.3 Å². The molecule has 1 aliphatic carbocycles. The maximum absolute atomic E-state index is 6.14. The van der Waals surface area contributed by atoms with Gasteiger partial charge in [0.2, 0.25) is 0 Å². The predicted molar refractivity (Wildman–Crippen MR) is 57.0 cm³/mol. The van der Waals surface area contributed by atoms with Crippen molar-refractivity contribution < 1.29 is 4.74 Å². The molecule has 2 N–H and O–H groups in total. The summed E-state index contributed by atoms with van der Waals surface area (Å²) in [5, 5.41) is 0. The molecule has 0 aliphatic heterocycles. The van der Waals surface area contributed by atoms with Crippen molar-refractivity contribution in [3.63, 3.8) is 0 Å². The van der Waals surface area contributed by atoms with E-state index < -0.39 is 0 Å². The van der Waals surface area contributed by atoms with Crippen molar-refractivity contribution in [2.24, 2.45) is 5.73 Å². The van der Waals surface area contributed by atoms with E-state index in [1.54, 1.807) is 7.11 Å². The van der Waals surface area contributed by atoms with Crippen LogP contribution in [0.25, 0.3) is 0 Å². The first-order chi connectivity index (χ1) is 6.65. The first kappa shape index (κ1) is 9.69. The van der Waals surface area contributed by atoms with E-state index in [0.717, 1.165) is 12.8 Å². The number of hydrogen-bond acceptors (Lipinski definition) is 2. The van der Waals surface area contributed by atoms with E-state index in [-0.39, 0.29) is 11.6 Å². The molecule has 0 amide bonds. The summed E-state index contributed by atoms with van der Waals surface area (Å²) >= 11 is 0. The molecule has 76 valence electrons. The highest BCUT2D eigenvalue weighted by Gasteiger charge is 2.39. The van der Waals surface area contributed by atoms with Gasteiger partial charge in [0.05, 0.1) is 6.10 Å². The smallest absolute Gasteiger partial charge is 0.0793 e. The highest BCUT2D eigenvalue weighted by molar-refractivity contribution is 5.33. The third kappa shape index (κ3) is 1.68. The van der Waals surface area contributed by atoms with Gasteiger partial charge in [0.15, 0.2) is 0 Å². The second-order valence-electron chi connectivity index (χ2n) is 4.16. The molecule has 2 heteroatoms. The molecule has 2 nitrogen and oxygen atoms in total. The molecule has 2 rings (SSSR count). The van der Waals surface area contributed by atoms with Gasteiger partial charge in [0.1, 0.15) is 0 Å². The normalized spacial score (nSPS) is 20.5. The number of hydrogen-bond donors (Lipinski definition) is 1. The lowest BCUT2D eigenvalue weighted by molar-refractivity contribution is 0.119. The van der Waals surface area contributed by atoms with Crippen LogP contribution < -0.4 is 5.73 Å². The lowest BCUT2D eigenvalue weighted by atomic mass is 10.0. The third-order valence-electron chi connectivity index (χ3n) is 3.07. The Morgan fingerprint density at radius 1 is 1.43 bits per heavy atom. The zero-order valence-electron chi connectivity index (χ0n) is 8.79. The van der Waals surface area contributed by atoms with Gasteiger partial charge in [-0.15, -0.1) is 0 Å². The Balaban J connectivity index is 2.27. The van der Waals surface area contributed by atoms with E-state index in [1.165, 1.54) is 11.1 Å². The molecule has 1 aliphatic rings. The first-order valence-electron chi connectivity index (χ1n) is 5.08. The molecule has 0 radical (unpaired) electrons. The van der Waals surface area contributed by atoms with Crippen LogP contribution in [-0.4, -0.2) is 7.11 Å². The number of ether oxygens (including phenoxy) is 1. The summed E-state index contributed by atoms with van der Waals surface area (Å²) in [5.41, 5.74) is 8.56. The zero-order chi connectivity index (χ0) is 10.2. The van der Waals surface area contributed by atoms with Crippen LogP contribution in [0, 0.1) is 0 Å². The van der Waals surface area contributed by atoms with E-state index in [4.69, 9.17) is 10.5 Å². The molecule has 1 aromatic rings. The van der Waals surface area contributed by atoms with Crippen LogP contribution in [0.3, 0.4) is 0 Å². The standard InChI is InChI=1S/C12H17NO/c1-9(14-2)10-4-3-5-11(8-10)12(13)6-7-12/h3-5,8-9H,6-7,13H2,1-2H3. The minimum Gasteiger partial charge on any atom is -0.377 e. The first-order valence-corrected chi connectivity index (χ1v) is 5.08. The van der Waals surface area contributed by atoms with E-state index in [0.29, 0.717) is 0 Å². The largest absolute Gasteiger partial charge is 0.377 e. The minimum absolute atomic E-state index is 0.0382. The quantitative estimate of drug-likeness (QED) is 0.796. The fourth-order valence-corrected chi connectivity index (χ4v) is 1.66. The van der Waals surface area contributed by atoms with Crippen molar-refractivity contribution in [1.82, 2.24) is 0 Å². The average Bonchev–Trinajstić information content (AvgIpc) is 2.97. The topological polar surface area (TPSA) is 35.2 Å². The third-order valence-corrected chi connectivity index (χ3v) is 3.07. The van der Waals surface area contributed by atoms with E-state index in [2.05, 4.69) is 31.2 Å². The Bertz CT molecular complexity index is 331. The fourth-order valence-electron chi connectivity index (χ4n) is 1.66. The molecule has 1 aromatic carbocycles. The number of methoxy groups -OCH3 is 1. The highest BCUT2D eigenvalue weighted by atomic mass is 16.5.